The van der Waals surface area contributed by atoms with Crippen LogP contribution in [-0.2, 0) is 11.3 Å². The first kappa shape index (κ1) is 23.7. The van der Waals surface area contributed by atoms with Crippen LogP contribution in [0, 0.1) is 0 Å². The van der Waals surface area contributed by atoms with Gasteiger partial charge in [-0.2, -0.15) is 10.2 Å². The number of ether oxygens (including phenoxy) is 1. The minimum atomic E-state index is -0.272. The Bertz CT molecular complexity index is 1420. The van der Waals surface area contributed by atoms with Gasteiger partial charge in [0, 0.05) is 43.6 Å². The summed E-state index contributed by atoms with van der Waals surface area (Å²) in [6.07, 6.45) is 11.9. The third-order valence-corrected chi connectivity index (χ3v) is 8.35. The van der Waals surface area contributed by atoms with Gasteiger partial charge >= 0.3 is 0 Å². The summed E-state index contributed by atoms with van der Waals surface area (Å²) >= 11 is 1.47. The molecule has 1 saturated heterocycles. The lowest BCUT2D eigenvalue weighted by Gasteiger charge is -2.24. The van der Waals surface area contributed by atoms with Crippen molar-refractivity contribution in [2.24, 2.45) is 0 Å². The van der Waals surface area contributed by atoms with Crippen molar-refractivity contribution >= 4 is 28.0 Å². The van der Waals surface area contributed by atoms with E-state index in [2.05, 4.69) is 38.1 Å². The zero-order chi connectivity index (χ0) is 25.5. The molecule has 2 unspecified atom stereocenters. The summed E-state index contributed by atoms with van der Waals surface area (Å²) in [5.41, 5.74) is 2.49. The van der Waals surface area contributed by atoms with Crippen LogP contribution in [0.15, 0.2) is 42.1 Å². The van der Waals surface area contributed by atoms with Gasteiger partial charge in [-0.3, -0.25) is 9.59 Å². The highest BCUT2D eigenvalue weighted by atomic mass is 32.1. The van der Waals surface area contributed by atoms with E-state index >= 15 is 0 Å². The van der Waals surface area contributed by atoms with Gasteiger partial charge in [-0.15, -0.1) is 11.3 Å². The van der Waals surface area contributed by atoms with Crippen molar-refractivity contribution in [3.8, 4) is 16.3 Å². The molecule has 0 spiro atoms. The summed E-state index contributed by atoms with van der Waals surface area (Å²) in [5, 5.41) is 18.0. The van der Waals surface area contributed by atoms with Crippen LogP contribution in [0.2, 0.25) is 0 Å². The summed E-state index contributed by atoms with van der Waals surface area (Å²) in [6.45, 7) is 5.11. The number of carbonyl (C=O) groups is 2. The lowest BCUT2D eigenvalue weighted by Crippen LogP contribution is -2.41. The van der Waals surface area contributed by atoms with E-state index in [1.165, 1.54) is 11.3 Å². The number of hydrogen-bond acceptors (Lipinski definition) is 8. The fourth-order valence-electron chi connectivity index (χ4n) is 4.97. The summed E-state index contributed by atoms with van der Waals surface area (Å²) in [4.78, 5) is 30.0. The van der Waals surface area contributed by atoms with E-state index < -0.39 is 0 Å². The molecule has 3 aromatic heterocycles. The van der Waals surface area contributed by atoms with Gasteiger partial charge < -0.3 is 25.6 Å². The molecular weight excluding hydrogens is 492 g/mol. The topological polar surface area (TPSA) is 118 Å². The van der Waals surface area contributed by atoms with E-state index in [-0.39, 0.29) is 17.9 Å². The number of amides is 2. The van der Waals surface area contributed by atoms with Gasteiger partial charge in [0.2, 0.25) is 5.88 Å². The molecule has 3 aliphatic heterocycles. The van der Waals surface area contributed by atoms with Gasteiger partial charge in [0.1, 0.15) is 4.83 Å². The summed E-state index contributed by atoms with van der Waals surface area (Å²) in [5.74, 6) is 0.325. The second-order valence-electron chi connectivity index (χ2n) is 9.72. The van der Waals surface area contributed by atoms with Crippen molar-refractivity contribution in [2.75, 3.05) is 26.7 Å². The van der Waals surface area contributed by atoms with Crippen molar-refractivity contribution in [2.45, 2.75) is 44.8 Å². The van der Waals surface area contributed by atoms with Gasteiger partial charge in [0.05, 0.1) is 46.6 Å². The number of aryl methyl sites for hydroxylation is 1. The number of carbonyl (C=O) groups excluding carboxylic acids is 2. The molecule has 12 heteroatoms. The Labute approximate surface area is 218 Å². The maximum absolute atomic E-state index is 13.3. The molecule has 0 saturated carbocycles. The summed E-state index contributed by atoms with van der Waals surface area (Å²) in [6, 6.07) is 0.214. The quantitative estimate of drug-likeness (QED) is 0.451. The van der Waals surface area contributed by atoms with Crippen molar-refractivity contribution in [3.63, 3.8) is 0 Å². The van der Waals surface area contributed by atoms with Crippen molar-refractivity contribution in [3.05, 3.63) is 47.7 Å². The Morgan fingerprint density at radius 2 is 2.11 bits per heavy atom. The number of dihydropyridines is 1. The molecule has 3 N–H and O–H groups in total. The lowest BCUT2D eigenvalue weighted by molar-refractivity contribution is -0.117. The van der Waals surface area contributed by atoms with Crippen molar-refractivity contribution < 1.29 is 14.3 Å². The number of fused-ring (bicyclic) bond motifs is 2. The first-order valence-corrected chi connectivity index (χ1v) is 13.4. The summed E-state index contributed by atoms with van der Waals surface area (Å²) in [7, 11) is 2.09. The molecule has 0 radical (unpaired) electrons. The van der Waals surface area contributed by atoms with Crippen molar-refractivity contribution in [1.82, 2.24) is 40.2 Å². The lowest BCUT2D eigenvalue weighted by atomic mass is 10.1. The van der Waals surface area contributed by atoms with Gasteiger partial charge in [-0.1, -0.05) is 0 Å². The zero-order valence-corrected chi connectivity index (χ0v) is 21.7. The highest BCUT2D eigenvalue weighted by Gasteiger charge is 2.25. The number of hydrogen-bond donors (Lipinski definition) is 3. The minimum absolute atomic E-state index is 0.150. The van der Waals surface area contributed by atoms with E-state index in [0.717, 1.165) is 53.5 Å². The number of likely N-dealkylation sites (N-methyl/N-ethyl adjacent to an activating group) is 1. The molecule has 6 heterocycles. The average Bonchev–Trinajstić information content (AvgIpc) is 3.67. The van der Waals surface area contributed by atoms with Gasteiger partial charge in [-0.05, 0) is 39.4 Å². The standard InChI is InChI=1S/C25H30N8O3S/c1-15-20(9-16(10-26-15)22(34)27-11-17-5-3-6-31(17)2)30-23(35)19-13-29-33-14-21(37-25(19)33)18-12-28-32-7-4-8-36-24(18)32/h9-10,12-15,17,26H,3-8,11H2,1-2H3,(H,27,34)(H,30,35). The molecule has 6 rings (SSSR count). The van der Waals surface area contributed by atoms with E-state index in [4.69, 9.17) is 4.74 Å². The van der Waals surface area contributed by atoms with Crippen LogP contribution in [0.4, 0.5) is 0 Å². The molecule has 2 atom stereocenters. The van der Waals surface area contributed by atoms with Crippen LogP contribution in [-0.4, -0.2) is 74.9 Å². The Hall–Kier alpha value is -3.64. The summed E-state index contributed by atoms with van der Waals surface area (Å²) < 4.78 is 9.41. The molecule has 3 aliphatic rings. The Balaban J connectivity index is 1.17. The maximum atomic E-state index is 13.3. The minimum Gasteiger partial charge on any atom is -0.477 e. The molecule has 37 heavy (non-hydrogen) atoms. The molecule has 194 valence electrons. The van der Waals surface area contributed by atoms with Crippen LogP contribution >= 0.6 is 11.3 Å². The number of aromatic nitrogens is 4. The van der Waals surface area contributed by atoms with Crippen LogP contribution in [0.25, 0.3) is 15.3 Å². The number of thiazole rings is 1. The Morgan fingerprint density at radius 1 is 1.22 bits per heavy atom. The van der Waals surface area contributed by atoms with Crippen LogP contribution in [0.1, 0.15) is 36.5 Å². The number of rotatable bonds is 6. The molecule has 3 aromatic rings. The van der Waals surface area contributed by atoms with E-state index in [1.54, 1.807) is 29.2 Å². The average molecular weight is 523 g/mol. The number of likely N-dealkylation sites (tertiary alicyclic amines) is 1. The Kier molecular flexibility index (Phi) is 6.21. The second-order valence-corrected chi connectivity index (χ2v) is 10.8. The molecular formula is C25H30N8O3S. The van der Waals surface area contributed by atoms with Crippen LogP contribution in [0.5, 0.6) is 5.88 Å². The Morgan fingerprint density at radius 3 is 2.95 bits per heavy atom. The highest BCUT2D eigenvalue weighted by molar-refractivity contribution is 7.21. The molecule has 11 nitrogen and oxygen atoms in total. The number of nitrogens with one attached hydrogen (secondary N) is 3. The van der Waals surface area contributed by atoms with E-state index in [0.29, 0.717) is 36.0 Å². The fourth-order valence-corrected chi connectivity index (χ4v) is 6.03. The second kappa shape index (κ2) is 9.67. The predicted octanol–water partition coefficient (Wildman–Crippen LogP) is 1.74. The molecule has 0 aromatic carbocycles. The van der Waals surface area contributed by atoms with Crippen LogP contribution in [0.3, 0.4) is 0 Å². The first-order chi connectivity index (χ1) is 18.0. The van der Waals surface area contributed by atoms with Gasteiger partial charge in [0.15, 0.2) is 0 Å². The zero-order valence-electron chi connectivity index (χ0n) is 20.9. The molecule has 0 bridgehead atoms. The maximum Gasteiger partial charge on any atom is 0.260 e. The molecule has 1 fully saturated rings. The van der Waals surface area contributed by atoms with Gasteiger partial charge in [-0.25, -0.2) is 9.20 Å². The highest BCUT2D eigenvalue weighted by Crippen LogP contribution is 2.37. The third kappa shape index (κ3) is 4.51. The van der Waals surface area contributed by atoms with Crippen molar-refractivity contribution in [1.29, 1.82) is 0 Å². The molecule has 0 aliphatic carbocycles. The van der Waals surface area contributed by atoms with Crippen LogP contribution < -0.4 is 20.7 Å². The fraction of sp³-hybridized carbons (Fsp3) is 0.440. The largest absolute Gasteiger partial charge is 0.477 e. The monoisotopic (exact) mass is 522 g/mol. The van der Waals surface area contributed by atoms with E-state index in [1.807, 2.05) is 17.8 Å². The molecule has 2 amide bonds. The predicted molar refractivity (Wildman–Crippen MR) is 139 cm³/mol. The number of nitrogens with zero attached hydrogens (tertiary/aromatic N) is 5. The third-order valence-electron chi connectivity index (χ3n) is 7.21. The smallest absolute Gasteiger partial charge is 0.260 e. The normalized spacial score (nSPS) is 21.6. The van der Waals surface area contributed by atoms with Gasteiger partial charge in [0.25, 0.3) is 11.8 Å². The first-order valence-electron chi connectivity index (χ1n) is 12.6. The SMILES string of the molecule is CC1NC=C(C(=O)NCC2CCCN2C)C=C1NC(=O)c1cnn2cc(-c3cnn4c3OCCC4)sc12. The van der Waals surface area contributed by atoms with E-state index in [9.17, 15) is 9.59 Å².